The van der Waals surface area contributed by atoms with Crippen molar-refractivity contribution in [1.82, 2.24) is 0 Å². The summed E-state index contributed by atoms with van der Waals surface area (Å²) >= 11 is 0. The van der Waals surface area contributed by atoms with Crippen molar-refractivity contribution in [3.8, 4) is 0 Å². The van der Waals surface area contributed by atoms with Crippen LogP contribution in [0.1, 0.15) is 33.1 Å². The van der Waals surface area contributed by atoms with Crippen LogP contribution in [0.3, 0.4) is 0 Å². The van der Waals surface area contributed by atoms with Gasteiger partial charge in [-0.15, -0.1) is 0 Å². The van der Waals surface area contributed by atoms with E-state index in [0.717, 1.165) is 0 Å². The highest BCUT2D eigenvalue weighted by Crippen LogP contribution is 1.88. The molecule has 52 valence electrons. The molecule has 0 aromatic rings. The van der Waals surface area contributed by atoms with E-state index in [9.17, 15) is 0 Å². The minimum atomic E-state index is 1.34. The van der Waals surface area contributed by atoms with Gasteiger partial charge in [0.1, 0.15) is 0 Å². The van der Waals surface area contributed by atoms with E-state index >= 15 is 0 Å². The molecule has 0 saturated carbocycles. The van der Waals surface area contributed by atoms with Crippen molar-refractivity contribution in [3.05, 3.63) is 13.1 Å². The Labute approximate surface area is 57.7 Å². The molecule has 0 bridgehead atoms. The molecule has 0 heterocycles. The highest BCUT2D eigenvalue weighted by molar-refractivity contribution is 4.24. The molecule has 0 aliphatic heterocycles. The molecule has 9 heavy (non-hydrogen) atoms. The summed E-state index contributed by atoms with van der Waals surface area (Å²) in [4.78, 5) is 0. The molecule has 0 atom stereocenters. The van der Waals surface area contributed by atoms with Crippen LogP contribution in [0.25, 0.3) is 0 Å². The first-order valence-corrected chi connectivity index (χ1v) is 2.91. The predicted molar refractivity (Wildman–Crippen MR) is 33.6 cm³/mol. The molecule has 2 heteroatoms. The van der Waals surface area contributed by atoms with E-state index in [2.05, 4.69) is 13.8 Å². The fourth-order valence-electron chi connectivity index (χ4n) is 0.354. The number of rotatable bonds is 2. The summed E-state index contributed by atoms with van der Waals surface area (Å²) in [6.45, 7) is 14.4. The molecule has 0 aromatic heterocycles. The first kappa shape index (κ1) is 15.7. The molecule has 0 radical (unpaired) electrons. The summed E-state index contributed by atoms with van der Waals surface area (Å²) in [5.41, 5.74) is 0. The Morgan fingerprint density at radius 2 is 1.11 bits per heavy atom. The normalized spacial score (nSPS) is 5.11. The standard InChI is InChI=1S/C5H12.2CHN/c1-3-5-4-2;2*1-2/h3-5H2,1-2H3;2*2H. The minimum absolute atomic E-state index is 1.34. The van der Waals surface area contributed by atoms with Gasteiger partial charge in [0.25, 0.3) is 0 Å². The maximum Gasteiger partial charge on any atom is -0.0538 e. The summed E-state index contributed by atoms with van der Waals surface area (Å²) in [6, 6.07) is 0. The molecule has 0 rings (SSSR count). The van der Waals surface area contributed by atoms with E-state index in [1.165, 1.54) is 19.3 Å². The zero-order valence-electron chi connectivity index (χ0n) is 6.12. The molecular formula is C7H14N2. The lowest BCUT2D eigenvalue weighted by molar-refractivity contribution is -0.100. The maximum absolute atomic E-state index is 5.00. The lowest BCUT2D eigenvalue weighted by Crippen LogP contribution is -2.10. The highest BCUT2D eigenvalue weighted by atomic mass is 14.2. The number of unbranched alkanes of at least 4 members (excludes halogenated alkanes) is 2. The van der Waals surface area contributed by atoms with Crippen LogP contribution < -0.4 is 10.5 Å². The van der Waals surface area contributed by atoms with Crippen molar-refractivity contribution < 1.29 is 10.5 Å². The van der Waals surface area contributed by atoms with E-state index < -0.39 is 0 Å². The largest absolute Gasteiger partial charge is 0.335 e. The molecule has 0 aromatic carbocycles. The van der Waals surface area contributed by atoms with Crippen LogP contribution in [0, 0.1) is 13.1 Å². The van der Waals surface area contributed by atoms with Crippen molar-refractivity contribution in [3.63, 3.8) is 0 Å². The molecule has 0 aliphatic rings. The Balaban J connectivity index is -0.0000000771. The highest BCUT2D eigenvalue weighted by Gasteiger charge is 1.68. The summed E-state index contributed by atoms with van der Waals surface area (Å²) in [7, 11) is 0. The van der Waals surface area contributed by atoms with Gasteiger partial charge >= 0.3 is 0 Å². The molecule has 2 nitrogen and oxygen atoms in total. The first-order chi connectivity index (χ1) is 4.41. The van der Waals surface area contributed by atoms with Crippen LogP contribution in [0.15, 0.2) is 0 Å². The van der Waals surface area contributed by atoms with E-state index in [-0.39, 0.29) is 0 Å². The molecule has 0 aliphatic carbocycles. The summed E-state index contributed by atoms with van der Waals surface area (Å²) in [5.74, 6) is 0. The van der Waals surface area contributed by atoms with Gasteiger partial charge in [-0.3, -0.25) is 0 Å². The number of nitrogens with one attached hydrogen (secondary N) is 2. The van der Waals surface area contributed by atoms with Crippen molar-refractivity contribution in [2.45, 2.75) is 33.1 Å². The lowest BCUT2D eigenvalue weighted by atomic mass is 10.3. The molecule has 0 amide bonds. The Morgan fingerprint density at radius 3 is 1.11 bits per heavy atom. The maximum atomic E-state index is 5.00. The molecule has 0 saturated heterocycles. The van der Waals surface area contributed by atoms with Crippen LogP contribution in [0.5, 0.6) is 0 Å². The Bertz CT molecular complexity index is 46.4. The van der Waals surface area contributed by atoms with Crippen molar-refractivity contribution >= 4 is 0 Å². The molecule has 2 N–H and O–H groups in total. The van der Waals surface area contributed by atoms with Crippen LogP contribution in [-0.4, -0.2) is 0 Å². The monoisotopic (exact) mass is 126 g/mol. The summed E-state index contributed by atoms with van der Waals surface area (Å²) in [6.07, 6.45) is 4.08. The molecule has 0 unspecified atom stereocenters. The van der Waals surface area contributed by atoms with Gasteiger partial charge in [-0.2, -0.15) is 0 Å². The van der Waals surface area contributed by atoms with Crippen LogP contribution in [0.4, 0.5) is 0 Å². The average molecular weight is 126 g/mol. The average Bonchev–Trinajstić information content (AvgIpc) is 1.98. The van der Waals surface area contributed by atoms with E-state index in [4.69, 9.17) is 23.7 Å². The van der Waals surface area contributed by atoms with Gasteiger partial charge in [0.15, 0.2) is 0 Å². The smallest absolute Gasteiger partial charge is 0.0538 e. The van der Waals surface area contributed by atoms with Crippen molar-refractivity contribution in [2.24, 2.45) is 0 Å². The van der Waals surface area contributed by atoms with Gasteiger partial charge < -0.3 is 10.5 Å². The molecule has 0 spiro atoms. The van der Waals surface area contributed by atoms with Gasteiger partial charge in [0.05, 0.1) is 0 Å². The molecular weight excluding hydrogens is 112 g/mol. The second kappa shape index (κ2) is 63.7. The molecule has 0 fully saturated rings. The fraction of sp³-hybridized carbons (Fsp3) is 0.714. The Hall–Kier alpha value is -1.02. The summed E-state index contributed by atoms with van der Waals surface area (Å²) < 4.78 is 0. The third kappa shape index (κ3) is 180. The van der Waals surface area contributed by atoms with Crippen LogP contribution in [0.2, 0.25) is 0 Å². The quantitative estimate of drug-likeness (QED) is 0.441. The predicted octanol–water partition coefficient (Wildman–Crippen LogP) is -1.11. The fourth-order valence-corrected chi connectivity index (χ4v) is 0.354. The zero-order chi connectivity index (χ0) is 8.12. The van der Waals surface area contributed by atoms with Gasteiger partial charge in [0, 0.05) is 0 Å². The third-order valence-corrected chi connectivity index (χ3v) is 0.707. The van der Waals surface area contributed by atoms with Crippen LogP contribution in [-0.2, 0) is 0 Å². The zero-order valence-corrected chi connectivity index (χ0v) is 6.12. The SMILES string of the molecule is CCCCC.[C-]#[NH+].[C-]#[NH+]. The third-order valence-electron chi connectivity index (χ3n) is 0.707. The van der Waals surface area contributed by atoms with Crippen LogP contribution >= 0.6 is 0 Å². The van der Waals surface area contributed by atoms with Gasteiger partial charge in [-0.25, -0.2) is 13.1 Å². The first-order valence-electron chi connectivity index (χ1n) is 2.91. The Morgan fingerprint density at radius 1 is 0.889 bits per heavy atom. The topological polar surface area (TPSA) is 47.6 Å². The van der Waals surface area contributed by atoms with E-state index in [1.54, 1.807) is 0 Å². The van der Waals surface area contributed by atoms with Crippen molar-refractivity contribution in [1.29, 1.82) is 0 Å². The van der Waals surface area contributed by atoms with Gasteiger partial charge in [-0.1, -0.05) is 33.1 Å². The summed E-state index contributed by atoms with van der Waals surface area (Å²) in [5, 5.41) is 10.0. The number of hydrogen-bond donors (Lipinski definition) is 2. The second-order valence-corrected chi connectivity index (χ2v) is 1.35. The Kier molecular flexibility index (Phi) is 111. The second-order valence-electron chi connectivity index (χ2n) is 1.35. The van der Waals surface area contributed by atoms with E-state index in [1.807, 2.05) is 0 Å². The van der Waals surface area contributed by atoms with Gasteiger partial charge in [0.2, 0.25) is 0 Å². The number of hydrogen-bond acceptors (Lipinski definition) is 0. The van der Waals surface area contributed by atoms with Gasteiger partial charge in [-0.05, 0) is 0 Å². The van der Waals surface area contributed by atoms with Crippen molar-refractivity contribution in [2.75, 3.05) is 0 Å². The van der Waals surface area contributed by atoms with E-state index in [0.29, 0.717) is 0 Å². The minimum Gasteiger partial charge on any atom is -0.335 e. The lowest BCUT2D eigenvalue weighted by Gasteiger charge is -1.79.